The van der Waals surface area contributed by atoms with Crippen LogP contribution in [0.4, 0.5) is 11.4 Å². The molecule has 2 aliphatic rings. The van der Waals surface area contributed by atoms with E-state index in [0.717, 1.165) is 26.2 Å². The summed E-state index contributed by atoms with van der Waals surface area (Å²) in [6.07, 6.45) is 7.64. The van der Waals surface area contributed by atoms with Crippen LogP contribution in [0.5, 0.6) is 0 Å². The second-order valence-electron chi connectivity index (χ2n) is 16.5. The maximum atomic E-state index is 2.61. The Morgan fingerprint density at radius 1 is 0.276 bits per heavy atom. The molecule has 0 spiro atoms. The third-order valence-corrected chi connectivity index (χ3v) is 13.0. The highest BCUT2D eigenvalue weighted by molar-refractivity contribution is 6.23. The zero-order valence-electron chi connectivity index (χ0n) is 33.1. The predicted octanol–water partition coefficient (Wildman–Crippen LogP) is 14.9. The van der Waals surface area contributed by atoms with Gasteiger partial charge in [0.15, 0.2) is 0 Å². The van der Waals surface area contributed by atoms with Crippen molar-refractivity contribution in [1.29, 1.82) is 0 Å². The molecule has 2 heterocycles. The third-order valence-electron chi connectivity index (χ3n) is 13.0. The molecule has 0 aromatic heterocycles. The molecule has 58 heavy (non-hydrogen) atoms. The van der Waals surface area contributed by atoms with Crippen LogP contribution in [0.2, 0.25) is 0 Å². The molecule has 0 radical (unpaired) electrons. The molecule has 0 amide bonds. The SMILES string of the molecule is c1cc(-c2cccc3ccccc23)cc(-c2c3ccc(N4CCCCC4)cc3c(-c3cccc(-c4cccc5ccccc45)c3)c3ccc(N4CCCCC4)cc23)c1. The molecule has 0 unspecified atom stereocenters. The first-order valence-electron chi connectivity index (χ1n) is 21.5. The molecule has 0 aliphatic carbocycles. The van der Waals surface area contributed by atoms with E-state index >= 15 is 0 Å². The van der Waals surface area contributed by atoms with Crippen molar-refractivity contribution < 1.29 is 0 Å². The predicted molar refractivity (Wildman–Crippen MR) is 250 cm³/mol. The molecule has 2 heteroatoms. The van der Waals surface area contributed by atoms with E-state index in [2.05, 4.69) is 180 Å². The summed E-state index contributed by atoms with van der Waals surface area (Å²) in [4.78, 5) is 5.23. The molecule has 0 saturated carbocycles. The van der Waals surface area contributed by atoms with Crippen molar-refractivity contribution in [3.63, 3.8) is 0 Å². The molecular formula is C56H48N2. The lowest BCUT2D eigenvalue weighted by molar-refractivity contribution is 0.578. The first-order valence-corrected chi connectivity index (χ1v) is 21.5. The molecular weight excluding hydrogens is 701 g/mol. The largest absolute Gasteiger partial charge is 0.372 e. The van der Waals surface area contributed by atoms with Crippen LogP contribution in [0.25, 0.3) is 87.6 Å². The van der Waals surface area contributed by atoms with Gasteiger partial charge in [0.2, 0.25) is 0 Å². The van der Waals surface area contributed by atoms with E-state index in [1.54, 1.807) is 0 Å². The van der Waals surface area contributed by atoms with Gasteiger partial charge in [-0.25, -0.2) is 0 Å². The lowest BCUT2D eigenvalue weighted by atomic mass is 9.84. The quantitative estimate of drug-likeness (QED) is 0.156. The van der Waals surface area contributed by atoms with Crippen LogP contribution in [0.3, 0.4) is 0 Å². The van der Waals surface area contributed by atoms with Gasteiger partial charge in [-0.15, -0.1) is 0 Å². The number of anilines is 2. The van der Waals surface area contributed by atoms with Crippen LogP contribution in [0.1, 0.15) is 38.5 Å². The van der Waals surface area contributed by atoms with E-state index in [1.165, 1.54) is 137 Å². The maximum Gasteiger partial charge on any atom is 0.0372 e. The summed E-state index contributed by atoms with van der Waals surface area (Å²) in [5.41, 5.74) is 12.9. The van der Waals surface area contributed by atoms with Crippen LogP contribution in [-0.4, -0.2) is 26.2 Å². The Labute approximate surface area is 342 Å². The van der Waals surface area contributed by atoms with Crippen molar-refractivity contribution in [1.82, 2.24) is 0 Å². The summed E-state index contributed by atoms with van der Waals surface area (Å²) in [7, 11) is 0. The molecule has 2 fully saturated rings. The van der Waals surface area contributed by atoms with E-state index in [9.17, 15) is 0 Å². The molecule has 2 nitrogen and oxygen atoms in total. The van der Waals surface area contributed by atoms with E-state index in [4.69, 9.17) is 0 Å². The number of hydrogen-bond acceptors (Lipinski definition) is 2. The van der Waals surface area contributed by atoms with Gasteiger partial charge < -0.3 is 9.80 Å². The molecule has 9 aromatic carbocycles. The summed E-state index contributed by atoms with van der Waals surface area (Å²) in [6.45, 7) is 4.46. The minimum atomic E-state index is 1.12. The first-order chi connectivity index (χ1) is 28.8. The number of fused-ring (bicyclic) bond motifs is 4. The highest BCUT2D eigenvalue weighted by Crippen LogP contribution is 2.47. The van der Waals surface area contributed by atoms with Gasteiger partial charge in [-0.3, -0.25) is 0 Å². The Morgan fingerprint density at radius 2 is 0.672 bits per heavy atom. The summed E-state index contributed by atoms with van der Waals surface area (Å²) in [6, 6.07) is 64.4. The van der Waals surface area contributed by atoms with Gasteiger partial charge in [-0.2, -0.15) is 0 Å². The van der Waals surface area contributed by atoms with Crippen LogP contribution >= 0.6 is 0 Å². The Bertz CT molecular complexity index is 2770. The average Bonchev–Trinajstić information content (AvgIpc) is 3.30. The van der Waals surface area contributed by atoms with Crippen molar-refractivity contribution >= 4 is 54.5 Å². The molecule has 0 N–H and O–H groups in total. The smallest absolute Gasteiger partial charge is 0.0372 e. The number of benzene rings is 9. The third kappa shape index (κ3) is 6.19. The normalized spacial score (nSPS) is 14.8. The summed E-state index contributed by atoms with van der Waals surface area (Å²) < 4.78 is 0. The van der Waals surface area contributed by atoms with Crippen molar-refractivity contribution in [2.75, 3.05) is 36.0 Å². The Kier molecular flexibility index (Phi) is 8.92. The van der Waals surface area contributed by atoms with Crippen molar-refractivity contribution in [3.8, 4) is 44.5 Å². The molecule has 0 atom stereocenters. The monoisotopic (exact) mass is 748 g/mol. The highest BCUT2D eigenvalue weighted by atomic mass is 15.1. The Hall–Kier alpha value is -6.38. The number of rotatable bonds is 6. The van der Waals surface area contributed by atoms with Gasteiger partial charge in [0.05, 0.1) is 0 Å². The lowest BCUT2D eigenvalue weighted by Crippen LogP contribution is -2.29. The zero-order valence-corrected chi connectivity index (χ0v) is 33.1. The fraction of sp³-hybridized carbons (Fsp3) is 0.179. The van der Waals surface area contributed by atoms with E-state index in [0.29, 0.717) is 0 Å². The van der Waals surface area contributed by atoms with Crippen molar-refractivity contribution in [3.05, 3.63) is 170 Å². The molecule has 9 aromatic rings. The molecule has 282 valence electrons. The number of piperidine rings is 2. The minimum absolute atomic E-state index is 1.12. The molecule has 2 aliphatic heterocycles. The van der Waals surface area contributed by atoms with Gasteiger partial charge in [0, 0.05) is 37.6 Å². The van der Waals surface area contributed by atoms with Crippen LogP contribution in [-0.2, 0) is 0 Å². The number of nitrogens with zero attached hydrogens (tertiary/aromatic N) is 2. The van der Waals surface area contributed by atoms with Crippen LogP contribution in [0, 0.1) is 0 Å². The Balaban J connectivity index is 1.20. The average molecular weight is 749 g/mol. The minimum Gasteiger partial charge on any atom is -0.372 e. The fourth-order valence-corrected chi connectivity index (χ4v) is 10.2. The van der Waals surface area contributed by atoms with E-state index < -0.39 is 0 Å². The maximum absolute atomic E-state index is 2.61. The van der Waals surface area contributed by atoms with Gasteiger partial charge in [-0.1, -0.05) is 133 Å². The number of hydrogen-bond donors (Lipinski definition) is 0. The summed E-state index contributed by atoms with van der Waals surface area (Å²) in [5.74, 6) is 0. The topological polar surface area (TPSA) is 6.48 Å². The fourth-order valence-electron chi connectivity index (χ4n) is 10.2. The second-order valence-corrected chi connectivity index (χ2v) is 16.5. The Morgan fingerprint density at radius 3 is 1.14 bits per heavy atom. The summed E-state index contributed by atoms with van der Waals surface area (Å²) >= 11 is 0. The van der Waals surface area contributed by atoms with Gasteiger partial charge in [0.1, 0.15) is 0 Å². The van der Waals surface area contributed by atoms with Gasteiger partial charge in [0.25, 0.3) is 0 Å². The zero-order chi connectivity index (χ0) is 38.4. The lowest BCUT2D eigenvalue weighted by Gasteiger charge is -2.30. The molecule has 11 rings (SSSR count). The van der Waals surface area contributed by atoms with E-state index in [-0.39, 0.29) is 0 Å². The summed E-state index contributed by atoms with van der Waals surface area (Å²) in [5, 5.41) is 10.4. The standard InChI is InChI=1S/C56H48N2/c1-7-31-57(32-8-1)45-27-29-51-53(37-45)55(43-21-11-19-41(35-43)49-25-13-17-39-15-3-5-23-47(39)49)52-30-28-46(58-33-9-2-10-34-58)38-54(52)56(51)44-22-12-20-42(36-44)50-26-14-18-40-16-4-6-24-48(40)50/h3-6,11-30,35-38H,1-2,7-10,31-34H2. The molecule has 0 bridgehead atoms. The van der Waals surface area contributed by atoms with E-state index in [1.807, 2.05) is 0 Å². The van der Waals surface area contributed by atoms with Gasteiger partial charge >= 0.3 is 0 Å². The highest BCUT2D eigenvalue weighted by Gasteiger charge is 2.22. The van der Waals surface area contributed by atoms with Crippen LogP contribution < -0.4 is 9.80 Å². The van der Waals surface area contributed by atoms with Crippen molar-refractivity contribution in [2.45, 2.75) is 38.5 Å². The van der Waals surface area contributed by atoms with Crippen LogP contribution in [0.15, 0.2) is 170 Å². The van der Waals surface area contributed by atoms with Crippen molar-refractivity contribution in [2.24, 2.45) is 0 Å². The second kappa shape index (κ2) is 14.8. The molecule has 2 saturated heterocycles. The van der Waals surface area contributed by atoms with Gasteiger partial charge in [-0.05, 0) is 163 Å². The first kappa shape index (κ1) is 34.8.